The first-order valence-corrected chi connectivity index (χ1v) is 5.64. The van der Waals surface area contributed by atoms with Gasteiger partial charge in [0, 0.05) is 0 Å². The molecule has 1 rings (SSSR count). The Hall–Kier alpha value is -1.47. The van der Waals surface area contributed by atoms with E-state index in [0.29, 0.717) is 5.75 Å². The molecule has 0 fully saturated rings. The number of carbonyl (C=O) groups excluding carboxylic acids is 1. The molecule has 0 radical (unpaired) electrons. The number of nitrogens with two attached hydrogens (primary N) is 1. The summed E-state index contributed by atoms with van der Waals surface area (Å²) in [5.41, 5.74) is 4.60. The maximum absolute atomic E-state index is 12.3. The van der Waals surface area contributed by atoms with E-state index in [1.165, 1.54) is 12.1 Å². The van der Waals surface area contributed by atoms with Crippen LogP contribution in [0, 0.1) is 0 Å². The molecular formula is C12H16ClF3N2O2. The van der Waals surface area contributed by atoms with E-state index in [1.54, 1.807) is 6.92 Å². The van der Waals surface area contributed by atoms with Crippen molar-refractivity contribution in [3.8, 4) is 5.75 Å². The van der Waals surface area contributed by atoms with Crippen molar-refractivity contribution in [2.75, 3.05) is 13.2 Å². The highest BCUT2D eigenvalue weighted by Crippen LogP contribution is 2.30. The SMILES string of the molecule is C[C@H](N)C(=O)NCCOc1ccc(C(F)(F)F)cc1.Cl. The maximum atomic E-state index is 12.3. The van der Waals surface area contributed by atoms with Crippen molar-refractivity contribution in [2.45, 2.75) is 19.1 Å². The Morgan fingerprint density at radius 1 is 1.35 bits per heavy atom. The van der Waals surface area contributed by atoms with E-state index in [4.69, 9.17) is 10.5 Å². The van der Waals surface area contributed by atoms with Crippen LogP contribution in [0.1, 0.15) is 12.5 Å². The first-order valence-electron chi connectivity index (χ1n) is 5.64. The third-order valence-electron chi connectivity index (χ3n) is 2.27. The van der Waals surface area contributed by atoms with E-state index in [0.717, 1.165) is 12.1 Å². The number of amides is 1. The third-order valence-corrected chi connectivity index (χ3v) is 2.27. The van der Waals surface area contributed by atoms with Crippen molar-refractivity contribution in [2.24, 2.45) is 5.73 Å². The lowest BCUT2D eigenvalue weighted by Crippen LogP contribution is -2.40. The van der Waals surface area contributed by atoms with Crippen molar-refractivity contribution in [3.63, 3.8) is 0 Å². The zero-order chi connectivity index (χ0) is 14.5. The number of nitrogens with one attached hydrogen (secondary N) is 1. The molecule has 1 aromatic carbocycles. The average molecular weight is 313 g/mol. The molecule has 0 spiro atoms. The van der Waals surface area contributed by atoms with E-state index in [2.05, 4.69) is 5.32 Å². The van der Waals surface area contributed by atoms with Gasteiger partial charge in [0.1, 0.15) is 12.4 Å². The Kier molecular flexibility index (Phi) is 7.38. The van der Waals surface area contributed by atoms with E-state index in [-0.39, 0.29) is 31.5 Å². The van der Waals surface area contributed by atoms with Gasteiger partial charge in [0.15, 0.2) is 0 Å². The van der Waals surface area contributed by atoms with Crippen LogP contribution in [0.5, 0.6) is 5.75 Å². The third kappa shape index (κ3) is 6.12. The lowest BCUT2D eigenvalue weighted by Gasteiger charge is -2.10. The molecule has 0 heterocycles. The minimum absolute atomic E-state index is 0. The minimum atomic E-state index is -4.36. The van der Waals surface area contributed by atoms with Gasteiger partial charge in [-0.2, -0.15) is 13.2 Å². The molecule has 0 aliphatic carbocycles. The fourth-order valence-electron chi connectivity index (χ4n) is 1.24. The fourth-order valence-corrected chi connectivity index (χ4v) is 1.24. The van der Waals surface area contributed by atoms with Crippen molar-refractivity contribution in [1.29, 1.82) is 0 Å². The molecule has 8 heteroatoms. The first kappa shape index (κ1) is 18.5. The second-order valence-electron chi connectivity index (χ2n) is 3.95. The summed E-state index contributed by atoms with van der Waals surface area (Å²) in [5.74, 6) is -0.000865. The van der Waals surface area contributed by atoms with E-state index in [9.17, 15) is 18.0 Å². The normalized spacial score (nSPS) is 12.2. The summed E-state index contributed by atoms with van der Waals surface area (Å²) < 4.78 is 42.1. The second-order valence-corrected chi connectivity index (χ2v) is 3.95. The number of carbonyl (C=O) groups is 1. The Bertz CT molecular complexity index is 422. The van der Waals surface area contributed by atoms with Gasteiger partial charge < -0.3 is 15.8 Å². The van der Waals surface area contributed by atoms with Crippen LogP contribution in [0.2, 0.25) is 0 Å². The quantitative estimate of drug-likeness (QED) is 0.817. The van der Waals surface area contributed by atoms with E-state index >= 15 is 0 Å². The molecule has 0 unspecified atom stereocenters. The molecular weight excluding hydrogens is 297 g/mol. The average Bonchev–Trinajstić information content (AvgIpc) is 2.33. The van der Waals surface area contributed by atoms with Crippen molar-refractivity contribution in [3.05, 3.63) is 29.8 Å². The molecule has 0 saturated carbocycles. The van der Waals surface area contributed by atoms with Gasteiger partial charge in [0.2, 0.25) is 5.91 Å². The van der Waals surface area contributed by atoms with Crippen LogP contribution in [0.3, 0.4) is 0 Å². The van der Waals surface area contributed by atoms with Crippen LogP contribution in [0.4, 0.5) is 13.2 Å². The van der Waals surface area contributed by atoms with Gasteiger partial charge in [-0.1, -0.05) is 0 Å². The van der Waals surface area contributed by atoms with Gasteiger partial charge >= 0.3 is 6.18 Å². The number of alkyl halides is 3. The molecule has 4 nitrogen and oxygen atoms in total. The highest BCUT2D eigenvalue weighted by atomic mass is 35.5. The van der Waals surface area contributed by atoms with Crippen LogP contribution in [-0.2, 0) is 11.0 Å². The molecule has 0 aliphatic rings. The van der Waals surface area contributed by atoms with Crippen molar-refractivity contribution >= 4 is 18.3 Å². The van der Waals surface area contributed by atoms with Crippen LogP contribution >= 0.6 is 12.4 Å². The minimum Gasteiger partial charge on any atom is -0.492 e. The summed E-state index contributed by atoms with van der Waals surface area (Å²) in [6.07, 6.45) is -4.36. The van der Waals surface area contributed by atoms with Crippen LogP contribution < -0.4 is 15.8 Å². The monoisotopic (exact) mass is 312 g/mol. The lowest BCUT2D eigenvalue weighted by atomic mass is 10.2. The summed E-state index contributed by atoms with van der Waals surface area (Å²) in [4.78, 5) is 11.1. The molecule has 114 valence electrons. The Morgan fingerprint density at radius 3 is 2.35 bits per heavy atom. The van der Waals surface area contributed by atoms with Crippen molar-refractivity contribution < 1.29 is 22.7 Å². The number of rotatable bonds is 5. The van der Waals surface area contributed by atoms with Gasteiger partial charge in [-0.05, 0) is 31.2 Å². The standard InChI is InChI=1S/C12H15F3N2O2.ClH/c1-8(16)11(18)17-6-7-19-10-4-2-9(3-5-10)12(13,14)15;/h2-5,8H,6-7,16H2,1H3,(H,17,18);1H/t8-;/m0./s1. The number of hydrogen-bond donors (Lipinski definition) is 2. The maximum Gasteiger partial charge on any atom is 0.416 e. The first-order chi connectivity index (χ1) is 8.80. The lowest BCUT2D eigenvalue weighted by molar-refractivity contribution is -0.137. The molecule has 0 bridgehead atoms. The number of hydrogen-bond acceptors (Lipinski definition) is 3. The zero-order valence-corrected chi connectivity index (χ0v) is 11.6. The molecule has 0 saturated heterocycles. The summed E-state index contributed by atoms with van der Waals surface area (Å²) in [7, 11) is 0. The Morgan fingerprint density at radius 2 is 1.90 bits per heavy atom. The molecule has 1 atom stereocenters. The number of halogens is 4. The van der Waals surface area contributed by atoms with E-state index in [1.807, 2.05) is 0 Å². The van der Waals surface area contributed by atoms with Gasteiger partial charge in [0.25, 0.3) is 0 Å². The summed E-state index contributed by atoms with van der Waals surface area (Å²) in [5, 5.41) is 2.52. The summed E-state index contributed by atoms with van der Waals surface area (Å²) in [6, 6.07) is 3.74. The second kappa shape index (κ2) is 7.96. The molecule has 1 aromatic rings. The van der Waals surface area contributed by atoms with E-state index < -0.39 is 17.8 Å². The zero-order valence-electron chi connectivity index (χ0n) is 10.7. The molecule has 0 aromatic heterocycles. The highest BCUT2D eigenvalue weighted by molar-refractivity contribution is 5.85. The molecule has 0 aliphatic heterocycles. The predicted molar refractivity (Wildman–Crippen MR) is 70.8 cm³/mol. The summed E-state index contributed by atoms with van der Waals surface area (Å²) >= 11 is 0. The van der Waals surface area contributed by atoms with Crippen LogP contribution in [0.25, 0.3) is 0 Å². The molecule has 3 N–H and O–H groups in total. The summed E-state index contributed by atoms with van der Waals surface area (Å²) in [6.45, 7) is 1.94. The Balaban J connectivity index is 0.00000361. The van der Waals surface area contributed by atoms with Gasteiger partial charge in [-0.15, -0.1) is 12.4 Å². The predicted octanol–water partition coefficient (Wildman–Crippen LogP) is 1.97. The topological polar surface area (TPSA) is 64.4 Å². The van der Waals surface area contributed by atoms with Gasteiger partial charge in [0.05, 0.1) is 18.2 Å². The molecule has 20 heavy (non-hydrogen) atoms. The van der Waals surface area contributed by atoms with Gasteiger partial charge in [-0.25, -0.2) is 0 Å². The largest absolute Gasteiger partial charge is 0.492 e. The van der Waals surface area contributed by atoms with Crippen LogP contribution in [-0.4, -0.2) is 25.1 Å². The molecule has 1 amide bonds. The Labute approximate surface area is 120 Å². The highest BCUT2D eigenvalue weighted by Gasteiger charge is 2.29. The number of benzene rings is 1. The number of ether oxygens (including phenoxy) is 1. The smallest absolute Gasteiger partial charge is 0.416 e. The van der Waals surface area contributed by atoms with Gasteiger partial charge in [-0.3, -0.25) is 4.79 Å². The van der Waals surface area contributed by atoms with Crippen LogP contribution in [0.15, 0.2) is 24.3 Å². The van der Waals surface area contributed by atoms with Crippen molar-refractivity contribution in [1.82, 2.24) is 5.32 Å². The fraction of sp³-hybridized carbons (Fsp3) is 0.417.